The number of aliphatic carboxylic acids is 1. The molecule has 1 atom stereocenters. The molecule has 0 bridgehead atoms. The van der Waals surface area contributed by atoms with E-state index in [4.69, 9.17) is 11.6 Å². The summed E-state index contributed by atoms with van der Waals surface area (Å²) in [6, 6.07) is 2.88. The lowest BCUT2D eigenvalue weighted by atomic mass is 9.85. The molecule has 1 aliphatic rings. The zero-order chi connectivity index (χ0) is 18.3. The van der Waals surface area contributed by atoms with E-state index in [-0.39, 0.29) is 12.5 Å². The van der Waals surface area contributed by atoms with Gasteiger partial charge in [0.1, 0.15) is 12.4 Å². The molecule has 0 saturated carbocycles. The van der Waals surface area contributed by atoms with E-state index in [9.17, 15) is 14.3 Å². The maximum atomic E-state index is 13.7. The van der Waals surface area contributed by atoms with Crippen LogP contribution >= 0.6 is 11.6 Å². The number of pyridine rings is 1. The normalized spacial score (nSPS) is 16.6. The van der Waals surface area contributed by atoms with Gasteiger partial charge < -0.3 is 9.67 Å². The molecule has 0 saturated heterocycles. The number of carbonyl (C=O) groups is 1. The Hall–Kier alpha value is -2.54. The van der Waals surface area contributed by atoms with Crippen molar-refractivity contribution in [2.45, 2.75) is 32.2 Å². The zero-order valence-electron chi connectivity index (χ0n) is 13.8. The average molecular weight is 375 g/mol. The Morgan fingerprint density at radius 3 is 2.85 bits per heavy atom. The maximum Gasteiger partial charge on any atom is 0.323 e. The van der Waals surface area contributed by atoms with Crippen LogP contribution in [-0.4, -0.2) is 30.6 Å². The first kappa shape index (κ1) is 16.9. The largest absolute Gasteiger partial charge is 0.480 e. The van der Waals surface area contributed by atoms with Crippen LogP contribution in [0.3, 0.4) is 0 Å². The van der Waals surface area contributed by atoms with Crippen LogP contribution in [0.1, 0.15) is 23.5 Å². The van der Waals surface area contributed by atoms with Crippen LogP contribution in [-0.2, 0) is 30.6 Å². The lowest BCUT2D eigenvalue weighted by Crippen LogP contribution is -2.20. The van der Waals surface area contributed by atoms with Crippen LogP contribution < -0.4 is 0 Å². The van der Waals surface area contributed by atoms with E-state index in [1.54, 1.807) is 23.0 Å². The van der Waals surface area contributed by atoms with Gasteiger partial charge in [0.05, 0.1) is 16.1 Å². The van der Waals surface area contributed by atoms with Gasteiger partial charge in [-0.25, -0.2) is 15.0 Å². The first-order chi connectivity index (χ1) is 12.5. The Morgan fingerprint density at radius 1 is 1.35 bits per heavy atom. The van der Waals surface area contributed by atoms with Gasteiger partial charge >= 0.3 is 5.97 Å². The van der Waals surface area contributed by atoms with Crippen molar-refractivity contribution in [3.05, 3.63) is 52.6 Å². The second kappa shape index (κ2) is 6.64. The lowest BCUT2D eigenvalue weighted by Gasteiger charge is -2.23. The minimum absolute atomic E-state index is 0.149. The van der Waals surface area contributed by atoms with Crippen molar-refractivity contribution >= 4 is 28.6 Å². The van der Waals surface area contributed by atoms with Crippen molar-refractivity contribution in [3.63, 3.8) is 0 Å². The third-order valence-electron chi connectivity index (χ3n) is 4.81. The molecule has 0 aliphatic heterocycles. The van der Waals surface area contributed by atoms with Gasteiger partial charge in [-0.2, -0.15) is 4.39 Å². The Kier molecular flexibility index (Phi) is 4.32. The minimum atomic E-state index is -0.925. The van der Waals surface area contributed by atoms with E-state index < -0.39 is 11.9 Å². The van der Waals surface area contributed by atoms with Crippen molar-refractivity contribution in [1.29, 1.82) is 0 Å². The molecule has 0 amide bonds. The SMILES string of the molecule is O=C(O)Cn1c2c(c3nc(F)ccc31)C[C@@H](Cc1ncc(Cl)cn1)CC2. The number of carboxylic acids is 1. The van der Waals surface area contributed by atoms with Crippen molar-refractivity contribution in [2.75, 3.05) is 0 Å². The molecular weight excluding hydrogens is 359 g/mol. The van der Waals surface area contributed by atoms with Crippen LogP contribution in [0.15, 0.2) is 24.5 Å². The Labute approximate surface area is 153 Å². The second-order valence-corrected chi connectivity index (χ2v) is 6.97. The summed E-state index contributed by atoms with van der Waals surface area (Å²) in [5.41, 5.74) is 3.10. The number of nitrogens with zero attached hydrogens (tertiary/aromatic N) is 4. The van der Waals surface area contributed by atoms with Gasteiger partial charge in [0.25, 0.3) is 0 Å². The van der Waals surface area contributed by atoms with Crippen molar-refractivity contribution in [1.82, 2.24) is 19.5 Å². The highest BCUT2D eigenvalue weighted by atomic mass is 35.5. The zero-order valence-corrected chi connectivity index (χ0v) is 14.6. The molecule has 3 aromatic rings. The number of hydrogen-bond donors (Lipinski definition) is 1. The van der Waals surface area contributed by atoms with E-state index >= 15 is 0 Å². The molecule has 6 nitrogen and oxygen atoms in total. The fraction of sp³-hybridized carbons (Fsp3) is 0.333. The number of halogens is 2. The van der Waals surface area contributed by atoms with Gasteiger partial charge in [0, 0.05) is 24.5 Å². The highest BCUT2D eigenvalue weighted by Crippen LogP contribution is 2.34. The topological polar surface area (TPSA) is 80.9 Å². The first-order valence-corrected chi connectivity index (χ1v) is 8.73. The molecule has 3 heterocycles. The van der Waals surface area contributed by atoms with Crippen LogP contribution in [0.5, 0.6) is 0 Å². The number of hydrogen-bond acceptors (Lipinski definition) is 4. The summed E-state index contributed by atoms with van der Waals surface area (Å²) in [6.07, 6.45) is 6.15. The predicted octanol–water partition coefficient (Wildman–Crippen LogP) is 3.05. The maximum absolute atomic E-state index is 13.7. The Morgan fingerprint density at radius 2 is 2.12 bits per heavy atom. The molecule has 26 heavy (non-hydrogen) atoms. The number of fused-ring (bicyclic) bond motifs is 3. The Bertz CT molecular complexity index is 987. The van der Waals surface area contributed by atoms with Crippen LogP contribution in [0.4, 0.5) is 4.39 Å². The average Bonchev–Trinajstić information content (AvgIpc) is 2.89. The van der Waals surface area contributed by atoms with Gasteiger partial charge in [0.2, 0.25) is 5.95 Å². The van der Waals surface area contributed by atoms with Gasteiger partial charge in [0.15, 0.2) is 0 Å². The van der Waals surface area contributed by atoms with Crippen molar-refractivity contribution < 1.29 is 14.3 Å². The van der Waals surface area contributed by atoms with Gasteiger partial charge in [-0.3, -0.25) is 4.79 Å². The van der Waals surface area contributed by atoms with Crippen molar-refractivity contribution in [3.8, 4) is 0 Å². The van der Waals surface area contributed by atoms with E-state index in [1.807, 2.05) is 0 Å². The molecule has 3 aromatic heterocycles. The summed E-state index contributed by atoms with van der Waals surface area (Å²) in [5.74, 6) is -0.476. The standard InChI is InChI=1S/C18H16ClFN4O2/c19-11-7-21-16(22-8-11)6-10-1-2-13-12(5-10)18-14(3-4-15(20)23-18)24(13)9-17(25)26/h3-4,7-8,10H,1-2,5-6,9H2,(H,25,26)/t10-/m0/s1. The van der Waals surface area contributed by atoms with Crippen LogP contribution in [0, 0.1) is 11.9 Å². The molecule has 0 radical (unpaired) electrons. The third kappa shape index (κ3) is 3.14. The van der Waals surface area contributed by atoms with Crippen LogP contribution in [0.25, 0.3) is 11.0 Å². The summed E-state index contributed by atoms with van der Waals surface area (Å²) < 4.78 is 15.4. The summed E-state index contributed by atoms with van der Waals surface area (Å²) in [6.45, 7) is -0.149. The summed E-state index contributed by atoms with van der Waals surface area (Å²) in [7, 11) is 0. The second-order valence-electron chi connectivity index (χ2n) is 6.54. The van der Waals surface area contributed by atoms with Gasteiger partial charge in [-0.15, -0.1) is 0 Å². The first-order valence-electron chi connectivity index (χ1n) is 8.36. The molecular formula is C18H16ClFN4O2. The van der Waals surface area contributed by atoms with E-state index in [0.29, 0.717) is 28.9 Å². The highest BCUT2D eigenvalue weighted by molar-refractivity contribution is 6.30. The van der Waals surface area contributed by atoms with E-state index in [0.717, 1.165) is 29.9 Å². The molecule has 0 unspecified atom stereocenters. The molecule has 0 spiro atoms. The smallest absolute Gasteiger partial charge is 0.323 e. The third-order valence-corrected chi connectivity index (χ3v) is 5.01. The monoisotopic (exact) mass is 374 g/mol. The fourth-order valence-electron chi connectivity index (χ4n) is 3.74. The number of carboxylic acid groups (broad SMARTS) is 1. The van der Waals surface area contributed by atoms with Crippen molar-refractivity contribution in [2.24, 2.45) is 5.92 Å². The molecule has 134 valence electrons. The molecule has 0 aromatic carbocycles. The molecule has 0 fully saturated rings. The Balaban J connectivity index is 1.69. The molecule has 8 heteroatoms. The van der Waals surface area contributed by atoms with E-state index in [2.05, 4.69) is 15.0 Å². The quantitative estimate of drug-likeness (QED) is 0.710. The molecule has 1 aliphatic carbocycles. The van der Waals surface area contributed by atoms with Gasteiger partial charge in [-0.1, -0.05) is 11.6 Å². The summed E-state index contributed by atoms with van der Waals surface area (Å²) >= 11 is 5.83. The fourth-order valence-corrected chi connectivity index (χ4v) is 3.84. The van der Waals surface area contributed by atoms with E-state index in [1.165, 1.54) is 6.07 Å². The lowest BCUT2D eigenvalue weighted by molar-refractivity contribution is -0.137. The number of aromatic nitrogens is 4. The summed E-state index contributed by atoms with van der Waals surface area (Å²) in [4.78, 5) is 23.8. The summed E-state index contributed by atoms with van der Waals surface area (Å²) in [5, 5.41) is 9.72. The highest BCUT2D eigenvalue weighted by Gasteiger charge is 2.27. The van der Waals surface area contributed by atoms with Crippen LogP contribution in [0.2, 0.25) is 5.02 Å². The molecule has 1 N–H and O–H groups in total. The van der Waals surface area contributed by atoms with Gasteiger partial charge in [-0.05, 0) is 42.9 Å². The minimum Gasteiger partial charge on any atom is -0.480 e. The number of rotatable bonds is 4. The predicted molar refractivity (Wildman–Crippen MR) is 93.6 cm³/mol. The molecule has 4 rings (SSSR count).